The van der Waals surface area contributed by atoms with Gasteiger partial charge in [0.25, 0.3) is 5.56 Å². The molecule has 0 fully saturated rings. The third kappa shape index (κ3) is 4.73. The van der Waals surface area contributed by atoms with Crippen LogP contribution < -0.4 is 67.4 Å². The Balaban J connectivity index is 0.000000271. The van der Waals surface area contributed by atoms with Gasteiger partial charge in [0.15, 0.2) is 22.7 Å². The number of aryl methyl sites for hydroxylation is 2. The zero-order chi connectivity index (χ0) is 20.5. The molecule has 0 aliphatic rings. The van der Waals surface area contributed by atoms with Crippen LogP contribution in [-0.4, -0.2) is 43.9 Å². The fraction of sp³-hybridized carbons (Fsp3) is 0.267. The van der Waals surface area contributed by atoms with E-state index >= 15 is 0 Å². The number of hydrogen-bond acceptors (Lipinski definition) is 8. The van der Waals surface area contributed by atoms with Crippen LogP contribution in [0.2, 0.25) is 0 Å². The summed E-state index contributed by atoms with van der Waals surface area (Å²) in [6, 6.07) is 3.67. The molecule has 0 radical (unpaired) electrons. The number of hydrogen-bond donors (Lipinski definition) is 1. The van der Waals surface area contributed by atoms with Gasteiger partial charge in [0.2, 0.25) is 0 Å². The largest absolute Gasteiger partial charge is 1.00 e. The number of phenolic OH excluding ortho intramolecular Hbond substituents is 1. The Morgan fingerprint density at radius 1 is 1.14 bits per heavy atom. The van der Waals surface area contributed by atoms with E-state index in [9.17, 15) is 27.7 Å². The summed E-state index contributed by atoms with van der Waals surface area (Å²) in [7, 11) is 1.39. The van der Waals surface area contributed by atoms with Crippen molar-refractivity contribution >= 4 is 21.3 Å². The van der Waals surface area contributed by atoms with E-state index in [0.717, 1.165) is 10.6 Å². The first-order valence-electron chi connectivity index (χ1n) is 7.39. The molecular weight excluding hydrogens is 419 g/mol. The summed E-state index contributed by atoms with van der Waals surface area (Å²) in [4.78, 5) is 26.5. The minimum absolute atomic E-state index is 0. The first-order chi connectivity index (χ1) is 12.5. The van der Waals surface area contributed by atoms with Gasteiger partial charge in [-0.15, -0.1) is 0 Å². The van der Waals surface area contributed by atoms with Crippen LogP contribution in [0, 0.1) is 0 Å². The average Bonchev–Trinajstić information content (AvgIpc) is 2.99. The molecule has 2 heterocycles. The molecule has 0 unspecified atom stereocenters. The molecule has 2 aromatic heterocycles. The zero-order valence-electron chi connectivity index (χ0n) is 15.9. The average molecular weight is 436 g/mol. The summed E-state index contributed by atoms with van der Waals surface area (Å²) < 4.78 is 40.3. The van der Waals surface area contributed by atoms with E-state index in [-0.39, 0.29) is 68.4 Å². The number of methoxy groups -OCH3 is 1. The molecule has 11 nitrogen and oxygen atoms in total. The fourth-order valence-electron chi connectivity index (χ4n) is 2.34. The van der Waals surface area contributed by atoms with Crippen LogP contribution in [0.15, 0.2) is 39.0 Å². The maximum atomic E-state index is 11.7. The van der Waals surface area contributed by atoms with Crippen LogP contribution in [0.4, 0.5) is 0 Å². The molecule has 0 aliphatic heterocycles. The summed E-state index contributed by atoms with van der Waals surface area (Å²) in [5.41, 5.74) is 0.180. The van der Waals surface area contributed by atoms with Crippen LogP contribution in [0.5, 0.6) is 11.5 Å². The third-order valence-corrected chi connectivity index (χ3v) is 4.64. The second kappa shape index (κ2) is 9.34. The number of fused-ring (bicyclic) bond motifs is 1. The van der Waals surface area contributed by atoms with E-state index < -0.39 is 20.8 Å². The molecule has 1 aromatic carbocycles. The summed E-state index contributed by atoms with van der Waals surface area (Å²) in [5, 5.41) is 9.22. The number of ether oxygens (including phenoxy) is 1. The first-order valence-corrected chi connectivity index (χ1v) is 8.80. The number of rotatable bonds is 2. The monoisotopic (exact) mass is 436 g/mol. The molecule has 0 aliphatic carbocycles. The summed E-state index contributed by atoms with van der Waals surface area (Å²) in [6.07, 6.45) is 1.52. The van der Waals surface area contributed by atoms with Crippen molar-refractivity contribution in [1.29, 1.82) is 0 Å². The van der Waals surface area contributed by atoms with Gasteiger partial charge < -0.3 is 19.0 Å². The molecule has 0 amide bonds. The van der Waals surface area contributed by atoms with Crippen molar-refractivity contribution in [3.63, 3.8) is 0 Å². The van der Waals surface area contributed by atoms with Gasteiger partial charge in [-0.2, -0.15) is 0 Å². The molecule has 3 rings (SSSR count). The number of para-hydroxylation sites is 1. The molecule has 0 atom stereocenters. The van der Waals surface area contributed by atoms with Gasteiger partial charge in [0, 0.05) is 21.1 Å². The van der Waals surface area contributed by atoms with Crippen LogP contribution in [0.1, 0.15) is 0 Å². The van der Waals surface area contributed by atoms with Crippen molar-refractivity contribution in [2.24, 2.45) is 21.1 Å². The predicted octanol–water partition coefficient (Wildman–Crippen LogP) is -3.72. The Morgan fingerprint density at radius 3 is 2.29 bits per heavy atom. The number of nitrogens with zero attached hydrogens (tertiary/aromatic N) is 4. The van der Waals surface area contributed by atoms with Crippen molar-refractivity contribution in [2.45, 2.75) is 4.90 Å². The number of aromatic hydroxyl groups is 1. The normalized spacial score (nSPS) is 10.8. The van der Waals surface area contributed by atoms with Crippen molar-refractivity contribution in [3.05, 3.63) is 45.4 Å². The smallest absolute Gasteiger partial charge is 0.744 e. The van der Waals surface area contributed by atoms with Gasteiger partial charge >= 0.3 is 57.1 Å². The second-order valence-electron chi connectivity index (χ2n) is 5.49. The standard InChI is InChI=1S/C8H10N4O2.C7H8O5S.K/c1-10-4-9-6-5(10)7(13)12(3)8(14)11(6)2;1-12-5-3-2-4-6(7(5)8)13(9,10)11;/h4H,1-3H3;2-4,8H,1H3,(H,9,10,11);/q;;+1/p-1. The van der Waals surface area contributed by atoms with Crippen LogP contribution in [-0.2, 0) is 31.3 Å². The van der Waals surface area contributed by atoms with Gasteiger partial charge in [-0.3, -0.25) is 13.9 Å². The molecule has 0 saturated carbocycles. The van der Waals surface area contributed by atoms with Gasteiger partial charge in [0.1, 0.15) is 10.1 Å². The second-order valence-corrected chi connectivity index (χ2v) is 6.84. The van der Waals surface area contributed by atoms with Crippen molar-refractivity contribution in [3.8, 4) is 11.5 Å². The molecule has 3 aromatic rings. The minimum atomic E-state index is -4.65. The Bertz CT molecular complexity index is 1230. The van der Waals surface area contributed by atoms with Gasteiger partial charge in [-0.05, 0) is 12.1 Å². The number of imidazole rings is 1. The topological polar surface area (TPSA) is 148 Å². The molecule has 28 heavy (non-hydrogen) atoms. The third-order valence-electron chi connectivity index (χ3n) is 3.77. The molecule has 0 saturated heterocycles. The Morgan fingerprint density at radius 2 is 1.75 bits per heavy atom. The Kier molecular flexibility index (Phi) is 8.19. The minimum Gasteiger partial charge on any atom is -0.744 e. The predicted molar refractivity (Wildman–Crippen MR) is 93.8 cm³/mol. The summed E-state index contributed by atoms with van der Waals surface area (Å²) in [5.74, 6) is -0.697. The number of aromatic nitrogens is 4. The van der Waals surface area contributed by atoms with E-state index in [1.54, 1.807) is 18.7 Å². The molecule has 146 valence electrons. The van der Waals surface area contributed by atoms with Crippen LogP contribution in [0.25, 0.3) is 11.2 Å². The summed E-state index contributed by atoms with van der Waals surface area (Å²) in [6.45, 7) is 0. The molecule has 0 bridgehead atoms. The van der Waals surface area contributed by atoms with Crippen molar-refractivity contribution in [1.82, 2.24) is 18.7 Å². The van der Waals surface area contributed by atoms with E-state index in [1.807, 2.05) is 0 Å². The van der Waals surface area contributed by atoms with Gasteiger partial charge in [-0.1, -0.05) is 6.07 Å². The zero-order valence-corrected chi connectivity index (χ0v) is 19.8. The van der Waals surface area contributed by atoms with Crippen LogP contribution in [0.3, 0.4) is 0 Å². The Hall–Kier alpha value is -1.48. The molecule has 0 spiro atoms. The van der Waals surface area contributed by atoms with Gasteiger partial charge in [0.05, 0.1) is 18.3 Å². The van der Waals surface area contributed by atoms with E-state index in [2.05, 4.69) is 9.72 Å². The fourth-order valence-corrected chi connectivity index (χ4v) is 2.92. The molecule has 1 N–H and O–H groups in total. The Labute approximate surface area is 202 Å². The first kappa shape index (κ1) is 24.6. The van der Waals surface area contributed by atoms with Crippen LogP contribution >= 0.6 is 0 Å². The van der Waals surface area contributed by atoms with Crippen molar-refractivity contribution in [2.75, 3.05) is 7.11 Å². The van der Waals surface area contributed by atoms with E-state index in [4.69, 9.17) is 0 Å². The SMILES string of the molecule is COc1cccc(S(=O)(=O)[O-])c1O.Cn1c(=O)c2c(ncn2C)n(C)c1=O.[K+]. The molecule has 13 heteroatoms. The summed E-state index contributed by atoms with van der Waals surface area (Å²) >= 11 is 0. The van der Waals surface area contributed by atoms with E-state index in [1.165, 1.54) is 37.2 Å². The molecular formula is C15H17KN4O7S. The number of phenols is 1. The van der Waals surface area contributed by atoms with E-state index in [0.29, 0.717) is 11.2 Å². The van der Waals surface area contributed by atoms with Gasteiger partial charge in [-0.25, -0.2) is 18.2 Å². The maximum Gasteiger partial charge on any atom is 1.00 e. The quantitative estimate of drug-likeness (QED) is 0.318. The van der Waals surface area contributed by atoms with Crippen molar-refractivity contribution < 1.29 is 74.2 Å². The number of benzene rings is 1. The maximum absolute atomic E-state index is 11.7.